The van der Waals surface area contributed by atoms with Gasteiger partial charge >= 0.3 is 0 Å². The molecule has 2 amide bonds. The molecule has 0 radical (unpaired) electrons. The van der Waals surface area contributed by atoms with Crippen molar-refractivity contribution >= 4 is 11.8 Å². The van der Waals surface area contributed by atoms with Crippen LogP contribution in [0.1, 0.15) is 0 Å². The molecule has 6 heteroatoms. The summed E-state index contributed by atoms with van der Waals surface area (Å²) in [6.07, 6.45) is -0.261. The Morgan fingerprint density at radius 1 is 1.29 bits per heavy atom. The molecule has 0 aromatic heterocycles. The number of amides is 2. The zero-order valence-electron chi connectivity index (χ0n) is 7.28. The lowest BCUT2D eigenvalue weighted by Crippen LogP contribution is -2.33. The van der Waals surface area contributed by atoms with E-state index in [1.165, 1.54) is 0 Å². The van der Waals surface area contributed by atoms with Gasteiger partial charge in [-0.05, 0) is 0 Å². The number of rotatable bonds is 5. The first-order valence-corrected chi connectivity index (χ1v) is 4.00. The average molecular weight is 205 g/mol. The Morgan fingerprint density at radius 2 is 1.86 bits per heavy atom. The van der Waals surface area contributed by atoms with Crippen LogP contribution in [0.4, 0.5) is 8.78 Å². The molecule has 1 rings (SSSR count). The third-order valence-electron chi connectivity index (χ3n) is 1.60. The minimum Gasteiger partial charge on any atom is -0.374 e. The Kier molecular flexibility index (Phi) is 3.70. The first kappa shape index (κ1) is 10.8. The summed E-state index contributed by atoms with van der Waals surface area (Å²) in [4.78, 5) is 22.8. The van der Waals surface area contributed by atoms with Crippen molar-refractivity contribution in [1.29, 1.82) is 0 Å². The smallest absolute Gasteiger partial charge is 0.261 e. The number of imide groups is 1. The van der Waals surface area contributed by atoms with Gasteiger partial charge in [-0.15, -0.1) is 0 Å². The van der Waals surface area contributed by atoms with Gasteiger partial charge in [0.2, 0.25) is 0 Å². The van der Waals surface area contributed by atoms with Crippen LogP contribution >= 0.6 is 0 Å². The van der Waals surface area contributed by atoms with Gasteiger partial charge in [0, 0.05) is 12.2 Å². The number of hydrogen-bond acceptors (Lipinski definition) is 3. The van der Waals surface area contributed by atoms with Gasteiger partial charge in [-0.1, -0.05) is 0 Å². The normalized spacial score (nSPS) is 16.1. The van der Waals surface area contributed by atoms with Crippen molar-refractivity contribution in [2.75, 3.05) is 19.8 Å². The van der Waals surface area contributed by atoms with Gasteiger partial charge in [0.25, 0.3) is 18.2 Å². The lowest BCUT2D eigenvalue weighted by Gasteiger charge is -2.13. The summed E-state index contributed by atoms with van der Waals surface area (Å²) in [6.45, 7) is -0.732. The molecule has 0 saturated carbocycles. The molecule has 0 fully saturated rings. The van der Waals surface area contributed by atoms with Gasteiger partial charge in [-0.25, -0.2) is 8.78 Å². The monoisotopic (exact) mass is 205 g/mol. The second-order valence-electron chi connectivity index (χ2n) is 2.63. The largest absolute Gasteiger partial charge is 0.374 e. The SMILES string of the molecule is O=C1C=CC(=O)N1CCOCC(F)F. The van der Waals surface area contributed by atoms with Gasteiger partial charge < -0.3 is 4.74 Å². The molecule has 4 nitrogen and oxygen atoms in total. The van der Waals surface area contributed by atoms with Gasteiger partial charge in [0.05, 0.1) is 13.2 Å². The fraction of sp³-hybridized carbons (Fsp3) is 0.500. The molecule has 0 spiro atoms. The van der Waals surface area contributed by atoms with E-state index < -0.39 is 24.8 Å². The molecule has 14 heavy (non-hydrogen) atoms. The van der Waals surface area contributed by atoms with Crippen molar-refractivity contribution in [1.82, 2.24) is 4.90 Å². The maximum absolute atomic E-state index is 11.6. The van der Waals surface area contributed by atoms with Crippen molar-refractivity contribution < 1.29 is 23.1 Å². The third-order valence-corrected chi connectivity index (χ3v) is 1.60. The predicted octanol–water partition coefficient (Wildman–Crippen LogP) is 0.193. The maximum Gasteiger partial charge on any atom is 0.261 e. The summed E-state index contributed by atoms with van der Waals surface area (Å²) in [5.41, 5.74) is 0. The molecule has 0 saturated heterocycles. The molecule has 0 aromatic carbocycles. The van der Waals surface area contributed by atoms with E-state index in [1.54, 1.807) is 0 Å². The molecular formula is C8H9F2NO3. The van der Waals surface area contributed by atoms with Gasteiger partial charge in [0.15, 0.2) is 0 Å². The fourth-order valence-electron chi connectivity index (χ4n) is 0.980. The van der Waals surface area contributed by atoms with E-state index >= 15 is 0 Å². The second kappa shape index (κ2) is 4.80. The Hall–Kier alpha value is -1.30. The van der Waals surface area contributed by atoms with Crippen molar-refractivity contribution in [3.8, 4) is 0 Å². The van der Waals surface area contributed by atoms with Crippen LogP contribution in [0, 0.1) is 0 Å². The van der Waals surface area contributed by atoms with E-state index in [0.29, 0.717) is 0 Å². The van der Waals surface area contributed by atoms with Crippen LogP contribution in [0.3, 0.4) is 0 Å². The van der Waals surface area contributed by atoms with Crippen LogP contribution in [0.15, 0.2) is 12.2 Å². The third kappa shape index (κ3) is 2.88. The predicted molar refractivity (Wildman–Crippen MR) is 42.7 cm³/mol. The molecule has 1 heterocycles. The summed E-state index contributed by atoms with van der Waals surface area (Å²) in [5, 5.41) is 0. The van der Waals surface area contributed by atoms with Crippen LogP contribution in [0.2, 0.25) is 0 Å². The molecule has 0 atom stereocenters. The lowest BCUT2D eigenvalue weighted by molar-refractivity contribution is -0.137. The van der Waals surface area contributed by atoms with Gasteiger partial charge in [-0.3, -0.25) is 14.5 Å². The average Bonchev–Trinajstić information content (AvgIpc) is 2.42. The molecule has 78 valence electrons. The number of carbonyl (C=O) groups is 2. The van der Waals surface area contributed by atoms with Crippen LogP contribution in [0.25, 0.3) is 0 Å². The van der Waals surface area contributed by atoms with Crippen molar-refractivity contribution in [3.63, 3.8) is 0 Å². The highest BCUT2D eigenvalue weighted by Gasteiger charge is 2.22. The standard InChI is InChI=1S/C8H9F2NO3/c9-6(10)5-14-4-3-11-7(12)1-2-8(11)13/h1-2,6H,3-5H2. The van der Waals surface area contributed by atoms with E-state index in [1.807, 2.05) is 0 Å². The van der Waals surface area contributed by atoms with E-state index in [4.69, 9.17) is 0 Å². The Balaban J connectivity index is 2.19. The molecule has 0 aromatic rings. The summed E-state index contributed by atoms with van der Waals surface area (Å²) in [7, 11) is 0. The minimum atomic E-state index is -2.53. The highest BCUT2D eigenvalue weighted by molar-refractivity contribution is 6.12. The van der Waals surface area contributed by atoms with E-state index in [2.05, 4.69) is 4.74 Å². The topological polar surface area (TPSA) is 46.6 Å². The van der Waals surface area contributed by atoms with E-state index in [-0.39, 0.29) is 13.2 Å². The molecule has 0 unspecified atom stereocenters. The molecule has 0 N–H and O–H groups in total. The number of hydrogen-bond donors (Lipinski definition) is 0. The molecule has 1 aliphatic rings. The Morgan fingerprint density at radius 3 is 2.36 bits per heavy atom. The Labute approximate surface area is 79.1 Å². The first-order valence-electron chi connectivity index (χ1n) is 4.00. The Bertz CT molecular complexity index is 247. The number of carbonyl (C=O) groups excluding carboxylic acids is 2. The summed E-state index contributed by atoms with van der Waals surface area (Å²) in [6, 6.07) is 0. The summed E-state index contributed by atoms with van der Waals surface area (Å²) >= 11 is 0. The van der Waals surface area contributed by atoms with Crippen LogP contribution in [-0.4, -0.2) is 42.9 Å². The number of nitrogens with zero attached hydrogens (tertiary/aromatic N) is 1. The second-order valence-corrected chi connectivity index (χ2v) is 2.63. The van der Waals surface area contributed by atoms with Crippen LogP contribution in [0.5, 0.6) is 0 Å². The fourth-order valence-corrected chi connectivity index (χ4v) is 0.980. The minimum absolute atomic E-state index is 0.0113. The maximum atomic E-state index is 11.6. The zero-order chi connectivity index (χ0) is 10.6. The quantitative estimate of drug-likeness (QED) is 0.475. The van der Waals surface area contributed by atoms with Gasteiger partial charge in [-0.2, -0.15) is 0 Å². The summed E-state index contributed by atoms with van der Waals surface area (Å²) in [5.74, 6) is -0.869. The number of halogens is 2. The van der Waals surface area contributed by atoms with Crippen LogP contribution < -0.4 is 0 Å². The number of ether oxygens (including phenoxy) is 1. The molecule has 0 aliphatic carbocycles. The molecular weight excluding hydrogens is 196 g/mol. The van der Waals surface area contributed by atoms with Gasteiger partial charge in [0.1, 0.15) is 6.61 Å². The highest BCUT2D eigenvalue weighted by Crippen LogP contribution is 2.02. The highest BCUT2D eigenvalue weighted by atomic mass is 19.3. The molecule has 0 bridgehead atoms. The molecule has 1 aliphatic heterocycles. The van der Waals surface area contributed by atoms with E-state index in [0.717, 1.165) is 17.1 Å². The number of alkyl halides is 2. The summed E-state index contributed by atoms with van der Waals surface area (Å²) < 4.78 is 27.7. The van der Waals surface area contributed by atoms with Crippen molar-refractivity contribution in [3.05, 3.63) is 12.2 Å². The van der Waals surface area contributed by atoms with E-state index in [9.17, 15) is 18.4 Å². The first-order chi connectivity index (χ1) is 6.61. The van der Waals surface area contributed by atoms with Crippen molar-refractivity contribution in [2.24, 2.45) is 0 Å². The lowest BCUT2D eigenvalue weighted by atomic mass is 10.5. The zero-order valence-corrected chi connectivity index (χ0v) is 7.28. The van der Waals surface area contributed by atoms with Crippen LogP contribution in [-0.2, 0) is 14.3 Å². The van der Waals surface area contributed by atoms with Crippen molar-refractivity contribution in [2.45, 2.75) is 6.43 Å².